The van der Waals surface area contributed by atoms with Crippen LogP contribution in [-0.2, 0) is 20.9 Å². The second-order valence-corrected chi connectivity index (χ2v) is 6.65. The Morgan fingerprint density at radius 3 is 2.54 bits per heavy atom. The van der Waals surface area contributed by atoms with Gasteiger partial charge in [0, 0.05) is 25.2 Å². The van der Waals surface area contributed by atoms with Gasteiger partial charge in [0.25, 0.3) is 0 Å². The summed E-state index contributed by atoms with van der Waals surface area (Å²) in [5.74, 6) is -0.397. The Hall–Kier alpha value is -2.83. The molecule has 0 aliphatic rings. The van der Waals surface area contributed by atoms with Crippen LogP contribution in [0.5, 0.6) is 0 Å². The minimum atomic E-state index is -0.574. The predicted octanol–water partition coefficient (Wildman–Crippen LogP) is 2.73. The number of anilines is 1. The highest BCUT2D eigenvalue weighted by atomic mass is 16.6. The summed E-state index contributed by atoms with van der Waals surface area (Å²) in [4.78, 5) is 34.9. The third kappa shape index (κ3) is 9.46. The first kappa shape index (κ1) is 21.2. The van der Waals surface area contributed by atoms with Gasteiger partial charge in [0.2, 0.25) is 11.8 Å². The number of ether oxygens (including phenoxy) is 1. The van der Waals surface area contributed by atoms with Crippen molar-refractivity contribution >= 4 is 23.6 Å². The van der Waals surface area contributed by atoms with E-state index in [0.717, 1.165) is 5.56 Å². The maximum Gasteiger partial charge on any atom is 0.407 e. The van der Waals surface area contributed by atoms with E-state index in [2.05, 4.69) is 16.0 Å². The van der Waals surface area contributed by atoms with E-state index in [-0.39, 0.29) is 24.8 Å². The fourth-order valence-electron chi connectivity index (χ4n) is 1.97. The first-order valence-electron chi connectivity index (χ1n) is 8.46. The summed E-state index contributed by atoms with van der Waals surface area (Å²) in [6, 6.07) is 7.20. The number of carbonyl (C=O) groups excluding carboxylic acids is 3. The molecule has 1 aromatic carbocycles. The van der Waals surface area contributed by atoms with Gasteiger partial charge in [0.05, 0.1) is 0 Å². The lowest BCUT2D eigenvalue weighted by Gasteiger charge is -2.19. The van der Waals surface area contributed by atoms with E-state index < -0.39 is 11.7 Å². The van der Waals surface area contributed by atoms with E-state index in [1.807, 2.05) is 6.07 Å². The first-order valence-corrected chi connectivity index (χ1v) is 8.46. The minimum Gasteiger partial charge on any atom is -0.444 e. The van der Waals surface area contributed by atoms with Crippen molar-refractivity contribution in [3.63, 3.8) is 0 Å². The van der Waals surface area contributed by atoms with Gasteiger partial charge < -0.3 is 20.7 Å². The topological polar surface area (TPSA) is 96.5 Å². The largest absolute Gasteiger partial charge is 0.444 e. The molecule has 0 heterocycles. The number of hydrogen-bond acceptors (Lipinski definition) is 4. The zero-order valence-corrected chi connectivity index (χ0v) is 15.7. The van der Waals surface area contributed by atoms with E-state index in [9.17, 15) is 14.4 Å². The molecule has 7 nitrogen and oxygen atoms in total. The quantitative estimate of drug-likeness (QED) is 0.651. The lowest BCUT2D eigenvalue weighted by molar-refractivity contribution is -0.117. The smallest absolute Gasteiger partial charge is 0.407 e. The molecule has 0 fully saturated rings. The summed E-state index contributed by atoms with van der Waals surface area (Å²) < 4.78 is 5.10. The van der Waals surface area contributed by atoms with Crippen LogP contribution in [0, 0.1) is 0 Å². The number of allylic oxidation sites excluding steroid dienone is 1. The van der Waals surface area contributed by atoms with E-state index in [0.29, 0.717) is 12.2 Å². The standard InChI is InChI=1S/C19H27N3O4/c1-5-7-16(23)21-13-14-8-6-9-15(12-14)22-17(24)10-11-20-18(25)26-19(2,3)4/h5-9,12H,10-11,13H2,1-4H3,(H,20,25)(H,21,23)(H,22,24)/b7-5+. The maximum absolute atomic E-state index is 12.0. The van der Waals surface area contributed by atoms with Crippen molar-refractivity contribution < 1.29 is 19.1 Å². The van der Waals surface area contributed by atoms with Crippen molar-refractivity contribution in [2.24, 2.45) is 0 Å². The summed E-state index contributed by atoms with van der Waals surface area (Å²) in [6.07, 6.45) is 2.69. The highest BCUT2D eigenvalue weighted by Crippen LogP contribution is 2.11. The molecule has 0 radical (unpaired) electrons. The Balaban J connectivity index is 2.41. The zero-order chi connectivity index (χ0) is 19.6. The fourth-order valence-corrected chi connectivity index (χ4v) is 1.97. The van der Waals surface area contributed by atoms with Gasteiger partial charge in [-0.2, -0.15) is 0 Å². The van der Waals surface area contributed by atoms with Crippen molar-refractivity contribution in [3.8, 4) is 0 Å². The summed E-state index contributed by atoms with van der Waals surface area (Å²) >= 11 is 0. The van der Waals surface area contributed by atoms with Gasteiger partial charge in [-0.1, -0.05) is 18.2 Å². The van der Waals surface area contributed by atoms with Crippen molar-refractivity contribution in [1.29, 1.82) is 0 Å². The molecule has 142 valence electrons. The van der Waals surface area contributed by atoms with Crippen LogP contribution in [0.4, 0.5) is 10.5 Å². The second kappa shape index (κ2) is 10.2. The van der Waals surface area contributed by atoms with Crippen LogP contribution in [0.1, 0.15) is 39.7 Å². The van der Waals surface area contributed by atoms with Gasteiger partial charge in [-0.25, -0.2) is 4.79 Å². The average molecular weight is 361 g/mol. The number of hydrogen-bond donors (Lipinski definition) is 3. The average Bonchev–Trinajstić information content (AvgIpc) is 2.52. The third-order valence-corrected chi connectivity index (χ3v) is 3.02. The Morgan fingerprint density at radius 2 is 1.88 bits per heavy atom. The molecule has 3 amide bonds. The highest BCUT2D eigenvalue weighted by Gasteiger charge is 2.15. The van der Waals surface area contributed by atoms with Crippen LogP contribution in [0.2, 0.25) is 0 Å². The molecule has 1 rings (SSSR count). The Labute approximate surface area is 154 Å². The normalized spacial score (nSPS) is 11.1. The van der Waals surface area contributed by atoms with Crippen LogP contribution in [0.25, 0.3) is 0 Å². The van der Waals surface area contributed by atoms with Crippen LogP contribution < -0.4 is 16.0 Å². The molecular weight excluding hydrogens is 334 g/mol. The highest BCUT2D eigenvalue weighted by molar-refractivity contribution is 5.91. The third-order valence-electron chi connectivity index (χ3n) is 3.02. The number of rotatable bonds is 7. The van der Waals surface area contributed by atoms with Crippen molar-refractivity contribution in [1.82, 2.24) is 10.6 Å². The molecule has 0 aliphatic carbocycles. The fraction of sp³-hybridized carbons (Fsp3) is 0.421. The lowest BCUT2D eigenvalue weighted by atomic mass is 10.2. The number of nitrogens with one attached hydrogen (secondary N) is 3. The molecular formula is C19H27N3O4. The number of carbonyl (C=O) groups is 3. The van der Waals surface area contributed by atoms with Gasteiger partial charge in [-0.15, -0.1) is 0 Å². The second-order valence-electron chi connectivity index (χ2n) is 6.65. The Bertz CT molecular complexity index is 663. The van der Waals surface area contributed by atoms with Crippen LogP contribution >= 0.6 is 0 Å². The monoisotopic (exact) mass is 361 g/mol. The Morgan fingerprint density at radius 1 is 1.15 bits per heavy atom. The molecule has 0 saturated carbocycles. The number of alkyl carbamates (subject to hydrolysis) is 1. The molecule has 0 aliphatic heterocycles. The van der Waals surface area contributed by atoms with E-state index >= 15 is 0 Å². The van der Waals surface area contributed by atoms with Gasteiger partial charge in [-0.3, -0.25) is 9.59 Å². The van der Waals surface area contributed by atoms with Gasteiger partial charge in [-0.05, 0) is 51.5 Å². The van der Waals surface area contributed by atoms with E-state index in [1.165, 1.54) is 6.08 Å². The zero-order valence-electron chi connectivity index (χ0n) is 15.7. The number of benzene rings is 1. The molecule has 0 saturated heterocycles. The number of amides is 3. The maximum atomic E-state index is 12.0. The predicted molar refractivity (Wildman–Crippen MR) is 101 cm³/mol. The van der Waals surface area contributed by atoms with Gasteiger partial charge in [0.15, 0.2) is 0 Å². The summed E-state index contributed by atoms with van der Waals surface area (Å²) in [7, 11) is 0. The molecule has 7 heteroatoms. The summed E-state index contributed by atoms with van der Waals surface area (Å²) in [6.45, 7) is 7.63. The molecule has 0 aromatic heterocycles. The van der Waals surface area contributed by atoms with Gasteiger partial charge in [0.1, 0.15) is 5.60 Å². The van der Waals surface area contributed by atoms with Crippen molar-refractivity contribution in [3.05, 3.63) is 42.0 Å². The molecule has 26 heavy (non-hydrogen) atoms. The molecule has 3 N–H and O–H groups in total. The molecule has 0 atom stereocenters. The minimum absolute atomic E-state index is 0.126. The van der Waals surface area contributed by atoms with Crippen LogP contribution in [0.3, 0.4) is 0 Å². The summed E-state index contributed by atoms with van der Waals surface area (Å²) in [5.41, 5.74) is 0.923. The van der Waals surface area contributed by atoms with Crippen molar-refractivity contribution in [2.75, 3.05) is 11.9 Å². The molecule has 1 aromatic rings. The SMILES string of the molecule is C/C=C/C(=O)NCc1cccc(NC(=O)CCNC(=O)OC(C)(C)C)c1. The van der Waals surface area contributed by atoms with E-state index in [1.54, 1.807) is 52.0 Å². The molecule has 0 spiro atoms. The van der Waals surface area contributed by atoms with Crippen LogP contribution in [0.15, 0.2) is 36.4 Å². The van der Waals surface area contributed by atoms with Gasteiger partial charge >= 0.3 is 6.09 Å². The van der Waals surface area contributed by atoms with E-state index in [4.69, 9.17) is 4.74 Å². The van der Waals surface area contributed by atoms with Crippen molar-refractivity contribution in [2.45, 2.75) is 46.3 Å². The first-order chi connectivity index (χ1) is 12.2. The summed E-state index contributed by atoms with van der Waals surface area (Å²) in [5, 5.41) is 8.04. The Kier molecular flexibility index (Phi) is 8.34. The molecule has 0 bridgehead atoms. The lowest BCUT2D eigenvalue weighted by Crippen LogP contribution is -2.34. The molecule has 0 unspecified atom stereocenters. The van der Waals surface area contributed by atoms with Crippen LogP contribution in [-0.4, -0.2) is 30.1 Å².